The summed E-state index contributed by atoms with van der Waals surface area (Å²) in [6, 6.07) is 4.05. The van der Waals surface area contributed by atoms with Gasteiger partial charge in [0.15, 0.2) is 0 Å². The fourth-order valence-corrected chi connectivity index (χ4v) is 3.03. The van der Waals surface area contributed by atoms with Crippen molar-refractivity contribution in [2.45, 2.75) is 26.7 Å². The Morgan fingerprint density at radius 2 is 2.05 bits per heavy atom. The van der Waals surface area contributed by atoms with Gasteiger partial charge >= 0.3 is 0 Å². The summed E-state index contributed by atoms with van der Waals surface area (Å²) in [6.07, 6.45) is 1.83. The minimum absolute atomic E-state index is 0.283. The second-order valence-electron chi connectivity index (χ2n) is 5.66. The fourth-order valence-electron chi connectivity index (χ4n) is 2.34. The number of thiophene rings is 1. The summed E-state index contributed by atoms with van der Waals surface area (Å²) in [5, 5.41) is 2.03. The lowest BCUT2D eigenvalue weighted by atomic mass is 10.1. The zero-order chi connectivity index (χ0) is 13.7. The van der Waals surface area contributed by atoms with E-state index in [0.717, 1.165) is 32.1 Å². The van der Waals surface area contributed by atoms with Gasteiger partial charge in [0.05, 0.1) is 6.42 Å². The van der Waals surface area contributed by atoms with Crippen molar-refractivity contribution >= 4 is 17.2 Å². The maximum Gasteiger partial charge on any atom is 0.227 e. The molecule has 1 fully saturated rings. The van der Waals surface area contributed by atoms with Gasteiger partial charge in [-0.25, -0.2) is 0 Å². The fraction of sp³-hybridized carbons (Fsp3) is 0.667. The van der Waals surface area contributed by atoms with Crippen LogP contribution in [0.25, 0.3) is 0 Å². The van der Waals surface area contributed by atoms with Crippen molar-refractivity contribution in [3.8, 4) is 0 Å². The SMILES string of the molecule is CC(C)CCN1CCN(C(=O)Cc2cccs2)CC1. The Kier molecular flexibility index (Phi) is 5.40. The number of nitrogens with zero attached hydrogens (tertiary/aromatic N) is 2. The number of carbonyl (C=O) groups excluding carboxylic acids is 1. The predicted octanol–water partition coefficient (Wildman–Crippen LogP) is 2.48. The van der Waals surface area contributed by atoms with Gasteiger partial charge in [0, 0.05) is 31.1 Å². The van der Waals surface area contributed by atoms with Crippen molar-refractivity contribution in [1.82, 2.24) is 9.80 Å². The Morgan fingerprint density at radius 1 is 1.32 bits per heavy atom. The molecule has 0 aromatic carbocycles. The zero-order valence-corrected chi connectivity index (χ0v) is 12.8. The van der Waals surface area contributed by atoms with Gasteiger partial charge in [-0.05, 0) is 30.3 Å². The van der Waals surface area contributed by atoms with E-state index in [1.54, 1.807) is 11.3 Å². The van der Waals surface area contributed by atoms with E-state index in [0.29, 0.717) is 6.42 Å². The van der Waals surface area contributed by atoms with E-state index in [1.165, 1.54) is 17.8 Å². The van der Waals surface area contributed by atoms with E-state index >= 15 is 0 Å². The Hall–Kier alpha value is -0.870. The topological polar surface area (TPSA) is 23.6 Å². The molecule has 4 heteroatoms. The maximum absolute atomic E-state index is 12.2. The van der Waals surface area contributed by atoms with Gasteiger partial charge in [0.1, 0.15) is 0 Å². The highest BCUT2D eigenvalue weighted by Gasteiger charge is 2.21. The lowest BCUT2D eigenvalue weighted by Gasteiger charge is -2.35. The number of hydrogen-bond donors (Lipinski definition) is 0. The van der Waals surface area contributed by atoms with Crippen LogP contribution in [0.1, 0.15) is 25.1 Å². The molecule has 0 spiro atoms. The molecule has 1 aliphatic rings. The predicted molar refractivity (Wildman–Crippen MR) is 80.5 cm³/mol. The normalized spacial score (nSPS) is 17.1. The Morgan fingerprint density at radius 3 is 2.63 bits per heavy atom. The standard InChI is InChI=1S/C15H24N2OS/c1-13(2)5-6-16-7-9-17(10-8-16)15(18)12-14-4-3-11-19-14/h3-4,11,13H,5-10,12H2,1-2H3. The van der Waals surface area contributed by atoms with Crippen molar-refractivity contribution in [3.05, 3.63) is 22.4 Å². The van der Waals surface area contributed by atoms with Crippen LogP contribution in [-0.4, -0.2) is 48.4 Å². The van der Waals surface area contributed by atoms with Crippen LogP contribution in [0.4, 0.5) is 0 Å². The van der Waals surface area contributed by atoms with E-state index in [2.05, 4.69) is 18.7 Å². The number of hydrogen-bond acceptors (Lipinski definition) is 3. The van der Waals surface area contributed by atoms with Gasteiger partial charge in [-0.2, -0.15) is 0 Å². The summed E-state index contributed by atoms with van der Waals surface area (Å²) in [5.41, 5.74) is 0. The van der Waals surface area contributed by atoms with Crippen LogP contribution >= 0.6 is 11.3 Å². The van der Waals surface area contributed by atoms with E-state index in [1.807, 2.05) is 22.4 Å². The number of rotatable bonds is 5. The van der Waals surface area contributed by atoms with Gasteiger partial charge in [-0.15, -0.1) is 11.3 Å². The summed E-state index contributed by atoms with van der Waals surface area (Å²) in [4.78, 5) is 17.8. The van der Waals surface area contributed by atoms with Crippen LogP contribution in [-0.2, 0) is 11.2 Å². The summed E-state index contributed by atoms with van der Waals surface area (Å²) in [6.45, 7) is 9.54. The average molecular weight is 280 g/mol. The van der Waals surface area contributed by atoms with Crippen molar-refractivity contribution in [1.29, 1.82) is 0 Å². The molecule has 0 atom stereocenters. The zero-order valence-electron chi connectivity index (χ0n) is 12.0. The third-order valence-electron chi connectivity index (χ3n) is 3.65. The van der Waals surface area contributed by atoms with E-state index in [4.69, 9.17) is 0 Å². The molecule has 0 bridgehead atoms. The molecule has 0 aliphatic carbocycles. The number of amides is 1. The molecule has 1 saturated heterocycles. The van der Waals surface area contributed by atoms with Gasteiger partial charge in [-0.1, -0.05) is 19.9 Å². The van der Waals surface area contributed by atoms with Gasteiger partial charge in [-0.3, -0.25) is 9.69 Å². The molecule has 106 valence electrons. The van der Waals surface area contributed by atoms with E-state index in [-0.39, 0.29) is 5.91 Å². The quantitative estimate of drug-likeness (QED) is 0.827. The van der Waals surface area contributed by atoms with Crippen molar-refractivity contribution in [2.75, 3.05) is 32.7 Å². The maximum atomic E-state index is 12.2. The lowest BCUT2D eigenvalue weighted by Crippen LogP contribution is -2.49. The molecule has 0 saturated carbocycles. The van der Waals surface area contributed by atoms with Gasteiger partial charge in [0.2, 0.25) is 5.91 Å². The average Bonchev–Trinajstić information content (AvgIpc) is 2.89. The molecule has 0 unspecified atom stereocenters. The molecule has 1 aliphatic heterocycles. The first-order valence-corrected chi connectivity index (χ1v) is 8.05. The Bertz CT molecular complexity index is 381. The molecular formula is C15H24N2OS. The molecule has 0 N–H and O–H groups in total. The summed E-state index contributed by atoms with van der Waals surface area (Å²) < 4.78 is 0. The largest absolute Gasteiger partial charge is 0.340 e. The van der Waals surface area contributed by atoms with Gasteiger partial charge < -0.3 is 4.90 Å². The van der Waals surface area contributed by atoms with E-state index in [9.17, 15) is 4.79 Å². The molecule has 2 rings (SSSR count). The Labute approximate surface area is 120 Å². The third kappa shape index (κ3) is 4.62. The highest BCUT2D eigenvalue weighted by molar-refractivity contribution is 7.10. The molecule has 2 heterocycles. The molecule has 1 amide bonds. The van der Waals surface area contributed by atoms with Gasteiger partial charge in [0.25, 0.3) is 0 Å². The first-order chi connectivity index (χ1) is 9.15. The smallest absolute Gasteiger partial charge is 0.227 e. The van der Waals surface area contributed by atoms with Crippen LogP contribution in [0, 0.1) is 5.92 Å². The van der Waals surface area contributed by atoms with Crippen LogP contribution in [0.15, 0.2) is 17.5 Å². The van der Waals surface area contributed by atoms with Crippen LogP contribution in [0.5, 0.6) is 0 Å². The summed E-state index contributed by atoms with van der Waals surface area (Å²) >= 11 is 1.67. The highest BCUT2D eigenvalue weighted by atomic mass is 32.1. The molecule has 1 aromatic rings. The first-order valence-electron chi connectivity index (χ1n) is 7.17. The van der Waals surface area contributed by atoms with Crippen molar-refractivity contribution in [2.24, 2.45) is 5.92 Å². The summed E-state index contributed by atoms with van der Waals surface area (Å²) in [7, 11) is 0. The summed E-state index contributed by atoms with van der Waals surface area (Å²) in [5.74, 6) is 1.05. The van der Waals surface area contributed by atoms with Crippen LogP contribution in [0.2, 0.25) is 0 Å². The molecule has 3 nitrogen and oxygen atoms in total. The van der Waals surface area contributed by atoms with Crippen LogP contribution in [0.3, 0.4) is 0 Å². The second-order valence-corrected chi connectivity index (χ2v) is 6.69. The molecule has 19 heavy (non-hydrogen) atoms. The molecule has 1 aromatic heterocycles. The minimum atomic E-state index is 0.283. The lowest BCUT2D eigenvalue weighted by molar-refractivity contribution is -0.132. The minimum Gasteiger partial charge on any atom is -0.340 e. The number of carbonyl (C=O) groups is 1. The third-order valence-corrected chi connectivity index (χ3v) is 4.53. The monoisotopic (exact) mass is 280 g/mol. The molecular weight excluding hydrogens is 256 g/mol. The van der Waals surface area contributed by atoms with Crippen LogP contribution < -0.4 is 0 Å². The first kappa shape index (κ1) is 14.5. The number of piperazine rings is 1. The van der Waals surface area contributed by atoms with E-state index < -0.39 is 0 Å². The van der Waals surface area contributed by atoms with Crippen molar-refractivity contribution in [3.63, 3.8) is 0 Å². The second kappa shape index (κ2) is 7.06. The highest BCUT2D eigenvalue weighted by Crippen LogP contribution is 2.12. The Balaban J connectivity index is 1.72. The van der Waals surface area contributed by atoms with Crippen molar-refractivity contribution < 1.29 is 4.79 Å². The molecule has 0 radical (unpaired) electrons.